The second-order valence-corrected chi connectivity index (χ2v) is 6.21. The van der Waals surface area contributed by atoms with E-state index in [-0.39, 0.29) is 23.8 Å². The van der Waals surface area contributed by atoms with Gasteiger partial charge in [0.15, 0.2) is 11.5 Å². The normalized spacial score (nSPS) is 13.5. The number of thioether (sulfide) groups is 1. The summed E-state index contributed by atoms with van der Waals surface area (Å²) in [7, 11) is 1.24. The smallest absolute Gasteiger partial charge is 0.328 e. The van der Waals surface area contributed by atoms with E-state index in [9.17, 15) is 19.7 Å². The first-order valence-corrected chi connectivity index (χ1v) is 8.99. The van der Waals surface area contributed by atoms with Gasteiger partial charge in [0, 0.05) is 6.08 Å². The van der Waals surface area contributed by atoms with Crippen LogP contribution in [0.25, 0.3) is 6.08 Å². The van der Waals surface area contributed by atoms with E-state index in [0.717, 1.165) is 6.08 Å². The SMILES string of the molecule is COC(=O)C(CCSC)NC(=O)/C=C/c1cc2c(cc1[N+](=O)[O-])OCO2. The van der Waals surface area contributed by atoms with Crippen molar-refractivity contribution in [3.05, 3.63) is 33.9 Å². The van der Waals surface area contributed by atoms with Gasteiger partial charge in [-0.3, -0.25) is 14.9 Å². The van der Waals surface area contributed by atoms with Gasteiger partial charge in [-0.15, -0.1) is 0 Å². The predicted octanol–water partition coefficient (Wildman–Crippen LogP) is 1.75. The van der Waals surface area contributed by atoms with Crippen molar-refractivity contribution in [1.82, 2.24) is 5.32 Å². The number of carbonyl (C=O) groups excluding carboxylic acids is 2. The van der Waals surface area contributed by atoms with Crippen LogP contribution in [-0.4, -0.2) is 48.8 Å². The molecule has 1 atom stereocenters. The van der Waals surface area contributed by atoms with Crippen molar-refractivity contribution in [1.29, 1.82) is 0 Å². The van der Waals surface area contributed by atoms with Crippen molar-refractivity contribution in [3.8, 4) is 11.5 Å². The first-order chi connectivity index (χ1) is 12.5. The zero-order valence-electron chi connectivity index (χ0n) is 14.2. The topological polar surface area (TPSA) is 117 Å². The van der Waals surface area contributed by atoms with E-state index in [1.165, 1.54) is 37.1 Å². The summed E-state index contributed by atoms with van der Waals surface area (Å²) in [5, 5.41) is 13.7. The van der Waals surface area contributed by atoms with Crippen LogP contribution >= 0.6 is 11.8 Å². The van der Waals surface area contributed by atoms with Gasteiger partial charge in [0.2, 0.25) is 12.7 Å². The lowest BCUT2D eigenvalue weighted by Gasteiger charge is -2.14. The highest BCUT2D eigenvalue weighted by atomic mass is 32.2. The Morgan fingerprint density at radius 3 is 2.73 bits per heavy atom. The van der Waals surface area contributed by atoms with Gasteiger partial charge in [-0.25, -0.2) is 4.79 Å². The molecule has 10 heteroatoms. The Labute approximate surface area is 153 Å². The minimum absolute atomic E-state index is 0.0175. The van der Waals surface area contributed by atoms with Crippen LogP contribution < -0.4 is 14.8 Å². The van der Waals surface area contributed by atoms with E-state index in [1.54, 1.807) is 0 Å². The van der Waals surface area contributed by atoms with Gasteiger partial charge in [0.1, 0.15) is 6.04 Å². The maximum atomic E-state index is 12.1. The number of nitro groups is 1. The highest BCUT2D eigenvalue weighted by Gasteiger charge is 2.23. The van der Waals surface area contributed by atoms with E-state index in [1.807, 2.05) is 6.26 Å². The highest BCUT2D eigenvalue weighted by Crippen LogP contribution is 2.38. The zero-order valence-corrected chi connectivity index (χ0v) is 15.0. The number of methoxy groups -OCH3 is 1. The second-order valence-electron chi connectivity index (χ2n) is 5.22. The molecule has 2 rings (SSSR count). The second kappa shape index (κ2) is 9.09. The third-order valence-corrected chi connectivity index (χ3v) is 4.19. The lowest BCUT2D eigenvalue weighted by molar-refractivity contribution is -0.385. The Morgan fingerprint density at radius 1 is 1.42 bits per heavy atom. The molecule has 1 aliphatic heterocycles. The van der Waals surface area contributed by atoms with Gasteiger partial charge < -0.3 is 19.5 Å². The number of nitrogens with one attached hydrogen (secondary N) is 1. The van der Waals surface area contributed by atoms with E-state index in [0.29, 0.717) is 17.9 Å². The molecule has 1 unspecified atom stereocenters. The molecule has 1 amide bonds. The Balaban J connectivity index is 2.14. The zero-order chi connectivity index (χ0) is 19.1. The maximum Gasteiger partial charge on any atom is 0.328 e. The summed E-state index contributed by atoms with van der Waals surface area (Å²) in [5.74, 6) is 0.199. The molecule has 0 bridgehead atoms. The molecule has 0 saturated carbocycles. The number of hydrogen-bond donors (Lipinski definition) is 1. The monoisotopic (exact) mass is 382 g/mol. The molecule has 0 spiro atoms. The van der Waals surface area contributed by atoms with E-state index >= 15 is 0 Å². The number of carbonyl (C=O) groups is 2. The fourth-order valence-electron chi connectivity index (χ4n) is 2.25. The molecule has 0 aliphatic carbocycles. The third kappa shape index (κ3) is 4.88. The molecule has 0 radical (unpaired) electrons. The van der Waals surface area contributed by atoms with Crippen molar-refractivity contribution >= 4 is 35.4 Å². The van der Waals surface area contributed by atoms with Crippen molar-refractivity contribution in [2.45, 2.75) is 12.5 Å². The molecule has 1 N–H and O–H groups in total. The molecule has 140 valence electrons. The molecule has 1 aromatic carbocycles. The molecule has 0 aromatic heterocycles. The Bertz CT molecular complexity index is 736. The molecule has 1 heterocycles. The minimum atomic E-state index is -0.781. The van der Waals surface area contributed by atoms with Gasteiger partial charge in [-0.2, -0.15) is 11.8 Å². The number of rotatable bonds is 8. The minimum Gasteiger partial charge on any atom is -0.467 e. The van der Waals surface area contributed by atoms with Crippen LogP contribution in [0.5, 0.6) is 11.5 Å². The lowest BCUT2D eigenvalue weighted by atomic mass is 10.1. The summed E-state index contributed by atoms with van der Waals surface area (Å²) in [6, 6.07) is 1.89. The van der Waals surface area contributed by atoms with Gasteiger partial charge in [-0.1, -0.05) is 0 Å². The lowest BCUT2D eigenvalue weighted by Crippen LogP contribution is -2.41. The van der Waals surface area contributed by atoms with Crippen molar-refractivity contribution in [2.24, 2.45) is 0 Å². The number of esters is 1. The summed E-state index contributed by atoms with van der Waals surface area (Å²) in [6.45, 7) is -0.0175. The van der Waals surface area contributed by atoms with Crippen LogP contribution in [0.15, 0.2) is 18.2 Å². The van der Waals surface area contributed by atoms with Gasteiger partial charge in [0.25, 0.3) is 5.69 Å². The fourth-order valence-corrected chi connectivity index (χ4v) is 2.72. The van der Waals surface area contributed by atoms with E-state index in [4.69, 9.17) is 9.47 Å². The van der Waals surface area contributed by atoms with Crippen molar-refractivity contribution < 1.29 is 28.7 Å². The molecule has 0 fully saturated rings. The summed E-state index contributed by atoms with van der Waals surface area (Å²) in [5.41, 5.74) is -0.0293. The number of benzene rings is 1. The fraction of sp³-hybridized carbons (Fsp3) is 0.375. The maximum absolute atomic E-state index is 12.1. The average molecular weight is 382 g/mol. The number of nitro benzene ring substituents is 1. The third-order valence-electron chi connectivity index (χ3n) is 3.55. The molecule has 26 heavy (non-hydrogen) atoms. The van der Waals surface area contributed by atoms with Crippen LogP contribution in [0.1, 0.15) is 12.0 Å². The number of ether oxygens (including phenoxy) is 3. The highest BCUT2D eigenvalue weighted by molar-refractivity contribution is 7.98. The molecular weight excluding hydrogens is 364 g/mol. The Hall–Kier alpha value is -2.75. The number of fused-ring (bicyclic) bond motifs is 1. The van der Waals surface area contributed by atoms with Crippen molar-refractivity contribution in [3.63, 3.8) is 0 Å². The van der Waals surface area contributed by atoms with Crippen LogP contribution in [0.3, 0.4) is 0 Å². The van der Waals surface area contributed by atoms with E-state index < -0.39 is 22.8 Å². The molecule has 9 nitrogen and oxygen atoms in total. The van der Waals surface area contributed by atoms with E-state index in [2.05, 4.69) is 10.1 Å². The average Bonchev–Trinajstić information content (AvgIpc) is 3.09. The molecule has 1 aromatic rings. The summed E-state index contributed by atoms with van der Waals surface area (Å²) < 4.78 is 15.0. The predicted molar refractivity (Wildman–Crippen MR) is 95.2 cm³/mol. The van der Waals surface area contributed by atoms with Crippen LogP contribution in [0, 0.1) is 10.1 Å². The Morgan fingerprint density at radius 2 is 2.12 bits per heavy atom. The van der Waals surface area contributed by atoms with Gasteiger partial charge in [-0.05, 0) is 30.6 Å². The number of hydrogen-bond acceptors (Lipinski definition) is 8. The number of amides is 1. The number of nitrogens with zero attached hydrogens (tertiary/aromatic N) is 1. The standard InChI is InChI=1S/C16H18N2O7S/c1-23-16(20)11(5-6-26-2)17-15(19)4-3-10-7-13-14(25-9-24-13)8-12(10)18(21)22/h3-4,7-8,11H,5-6,9H2,1-2H3,(H,17,19)/b4-3+. The summed E-state index contributed by atoms with van der Waals surface area (Å²) in [4.78, 5) is 34.4. The molecule has 1 aliphatic rings. The van der Waals surface area contributed by atoms with Crippen molar-refractivity contribution in [2.75, 3.05) is 25.9 Å². The molecule has 0 saturated heterocycles. The first-order valence-electron chi connectivity index (χ1n) is 7.59. The Kier molecular flexibility index (Phi) is 6.84. The van der Waals surface area contributed by atoms with Crippen LogP contribution in [0.4, 0.5) is 5.69 Å². The van der Waals surface area contributed by atoms with Gasteiger partial charge >= 0.3 is 5.97 Å². The van der Waals surface area contributed by atoms with Crippen LogP contribution in [0.2, 0.25) is 0 Å². The summed E-state index contributed by atoms with van der Waals surface area (Å²) >= 11 is 1.53. The largest absolute Gasteiger partial charge is 0.467 e. The first kappa shape index (κ1) is 19.6. The van der Waals surface area contributed by atoms with Crippen LogP contribution in [-0.2, 0) is 14.3 Å². The summed E-state index contributed by atoms with van der Waals surface area (Å²) in [6.07, 6.45) is 4.71. The quantitative estimate of drug-likeness (QED) is 0.313. The van der Waals surface area contributed by atoms with Gasteiger partial charge in [0.05, 0.1) is 23.7 Å². The molecular formula is C16H18N2O7S.